The van der Waals surface area contributed by atoms with Crippen molar-refractivity contribution in [2.24, 2.45) is 11.8 Å². The van der Waals surface area contributed by atoms with E-state index >= 15 is 0 Å². The van der Waals surface area contributed by atoms with E-state index in [1.165, 1.54) is 17.5 Å². The monoisotopic (exact) mass is 368 g/mol. The standard InChI is InChI=1S/C23H32N2O2/c1-5-18(14-25-13-12-24-17(25)4)23(26)21-10-11-22(27-15-16(2)3)20-9-7-6-8-19(20)21/h10-13,16,18H,5-9,14-15H2,1-4H3. The molecule has 0 N–H and O–H groups in total. The summed E-state index contributed by atoms with van der Waals surface area (Å²) in [4.78, 5) is 17.7. The smallest absolute Gasteiger partial charge is 0.168 e. The number of hydrogen-bond donors (Lipinski definition) is 0. The second kappa shape index (κ2) is 8.73. The van der Waals surface area contributed by atoms with E-state index in [0.717, 1.165) is 49.4 Å². The van der Waals surface area contributed by atoms with E-state index < -0.39 is 0 Å². The van der Waals surface area contributed by atoms with Crippen molar-refractivity contribution in [1.29, 1.82) is 0 Å². The molecule has 0 amide bonds. The van der Waals surface area contributed by atoms with E-state index in [-0.39, 0.29) is 11.7 Å². The number of rotatable bonds is 8. The Hall–Kier alpha value is -2.10. The SMILES string of the molecule is CCC(Cn1ccnc1C)C(=O)c1ccc(OCC(C)C)c2c1CCCC2. The van der Waals surface area contributed by atoms with Crippen LogP contribution in [-0.4, -0.2) is 21.9 Å². The minimum atomic E-state index is -0.0219. The average molecular weight is 369 g/mol. The lowest BCUT2D eigenvalue weighted by molar-refractivity contribution is 0.0901. The molecule has 1 aromatic carbocycles. The number of aryl methyl sites for hydroxylation is 1. The van der Waals surface area contributed by atoms with Crippen LogP contribution in [0.4, 0.5) is 0 Å². The minimum absolute atomic E-state index is 0.0219. The molecule has 1 heterocycles. The maximum absolute atomic E-state index is 13.4. The number of carbonyl (C=O) groups is 1. The summed E-state index contributed by atoms with van der Waals surface area (Å²) in [6, 6.07) is 4.03. The van der Waals surface area contributed by atoms with Gasteiger partial charge in [0.05, 0.1) is 6.61 Å². The van der Waals surface area contributed by atoms with Gasteiger partial charge in [-0.25, -0.2) is 4.98 Å². The first-order valence-corrected chi connectivity index (χ1v) is 10.3. The minimum Gasteiger partial charge on any atom is -0.493 e. The third kappa shape index (κ3) is 4.42. The van der Waals surface area contributed by atoms with E-state index in [1.54, 1.807) is 6.20 Å². The first kappa shape index (κ1) is 19.7. The van der Waals surface area contributed by atoms with Crippen LogP contribution < -0.4 is 4.74 Å². The molecule has 3 rings (SSSR count). The Morgan fingerprint density at radius 3 is 2.59 bits per heavy atom. The average Bonchev–Trinajstić information content (AvgIpc) is 3.08. The van der Waals surface area contributed by atoms with Crippen LogP contribution in [-0.2, 0) is 19.4 Å². The number of ether oxygens (including phenoxy) is 1. The Morgan fingerprint density at radius 1 is 1.22 bits per heavy atom. The number of imidazole rings is 1. The van der Waals surface area contributed by atoms with Crippen LogP contribution in [0.5, 0.6) is 5.75 Å². The van der Waals surface area contributed by atoms with Gasteiger partial charge in [0.15, 0.2) is 5.78 Å². The molecule has 1 unspecified atom stereocenters. The molecule has 0 aliphatic heterocycles. The Balaban J connectivity index is 1.88. The molecule has 4 heteroatoms. The zero-order chi connectivity index (χ0) is 19.4. The van der Waals surface area contributed by atoms with Gasteiger partial charge in [-0.2, -0.15) is 0 Å². The molecule has 0 fully saturated rings. The zero-order valence-corrected chi connectivity index (χ0v) is 17.1. The molecule has 1 aromatic heterocycles. The second-order valence-corrected chi connectivity index (χ2v) is 8.08. The van der Waals surface area contributed by atoms with Gasteiger partial charge in [-0.05, 0) is 68.2 Å². The molecule has 27 heavy (non-hydrogen) atoms. The van der Waals surface area contributed by atoms with Crippen molar-refractivity contribution >= 4 is 5.78 Å². The van der Waals surface area contributed by atoms with E-state index in [9.17, 15) is 4.79 Å². The van der Waals surface area contributed by atoms with Crippen molar-refractivity contribution in [2.75, 3.05) is 6.61 Å². The number of fused-ring (bicyclic) bond motifs is 1. The number of nitrogens with zero attached hydrogens (tertiary/aromatic N) is 2. The Morgan fingerprint density at radius 2 is 1.96 bits per heavy atom. The lowest BCUT2D eigenvalue weighted by Gasteiger charge is -2.24. The highest BCUT2D eigenvalue weighted by Gasteiger charge is 2.26. The molecule has 0 bridgehead atoms. The number of ketones is 1. The van der Waals surface area contributed by atoms with Crippen LogP contribution in [0.2, 0.25) is 0 Å². The quantitative estimate of drug-likeness (QED) is 0.615. The molecule has 146 valence electrons. The highest BCUT2D eigenvalue weighted by Crippen LogP contribution is 2.34. The maximum atomic E-state index is 13.4. The summed E-state index contributed by atoms with van der Waals surface area (Å²) in [5.41, 5.74) is 3.40. The highest BCUT2D eigenvalue weighted by atomic mass is 16.5. The van der Waals surface area contributed by atoms with Crippen LogP contribution in [0.1, 0.15) is 67.3 Å². The van der Waals surface area contributed by atoms with Crippen LogP contribution in [0.3, 0.4) is 0 Å². The number of Topliss-reactive ketones (excluding diaryl/α,β-unsaturated/α-hetero) is 1. The molecule has 1 aliphatic rings. The topological polar surface area (TPSA) is 44.1 Å². The Kier molecular flexibility index (Phi) is 6.35. The van der Waals surface area contributed by atoms with E-state index in [1.807, 2.05) is 25.3 Å². The van der Waals surface area contributed by atoms with Gasteiger partial charge in [0.2, 0.25) is 0 Å². The van der Waals surface area contributed by atoms with Crippen LogP contribution in [0.25, 0.3) is 0 Å². The number of carbonyl (C=O) groups excluding carboxylic acids is 1. The Bertz CT molecular complexity index is 792. The lowest BCUT2D eigenvalue weighted by atomic mass is 9.83. The van der Waals surface area contributed by atoms with Gasteiger partial charge < -0.3 is 9.30 Å². The van der Waals surface area contributed by atoms with Gasteiger partial charge in [-0.3, -0.25) is 4.79 Å². The molecule has 0 saturated heterocycles. The predicted molar refractivity (Wildman–Crippen MR) is 108 cm³/mol. The molecule has 0 spiro atoms. The molecular weight excluding hydrogens is 336 g/mol. The van der Waals surface area contributed by atoms with Crippen molar-refractivity contribution in [1.82, 2.24) is 9.55 Å². The predicted octanol–water partition coefficient (Wildman–Crippen LogP) is 5.01. The molecular formula is C23H32N2O2. The molecule has 4 nitrogen and oxygen atoms in total. The van der Waals surface area contributed by atoms with E-state index in [4.69, 9.17) is 4.74 Å². The number of hydrogen-bond acceptors (Lipinski definition) is 3. The maximum Gasteiger partial charge on any atom is 0.168 e. The fourth-order valence-electron chi connectivity index (χ4n) is 3.91. The second-order valence-electron chi connectivity index (χ2n) is 8.08. The fourth-order valence-corrected chi connectivity index (χ4v) is 3.91. The van der Waals surface area contributed by atoms with Gasteiger partial charge in [0, 0.05) is 30.4 Å². The lowest BCUT2D eigenvalue weighted by Crippen LogP contribution is -2.23. The van der Waals surface area contributed by atoms with Gasteiger partial charge in [0.1, 0.15) is 11.6 Å². The molecule has 1 aliphatic carbocycles. The fraction of sp³-hybridized carbons (Fsp3) is 0.565. The molecule has 2 aromatic rings. The van der Waals surface area contributed by atoms with Gasteiger partial charge in [-0.15, -0.1) is 0 Å². The van der Waals surface area contributed by atoms with E-state index in [0.29, 0.717) is 12.5 Å². The Labute approximate surface area is 163 Å². The van der Waals surface area contributed by atoms with E-state index in [2.05, 4.69) is 30.3 Å². The first-order valence-electron chi connectivity index (χ1n) is 10.3. The summed E-state index contributed by atoms with van der Waals surface area (Å²) in [5.74, 6) is 2.67. The van der Waals surface area contributed by atoms with Crippen LogP contribution in [0.15, 0.2) is 24.5 Å². The molecule has 1 atom stereocenters. The summed E-state index contributed by atoms with van der Waals surface area (Å²) >= 11 is 0. The van der Waals surface area contributed by atoms with Crippen LogP contribution >= 0.6 is 0 Å². The number of benzene rings is 1. The first-order chi connectivity index (χ1) is 13.0. The van der Waals surface area contributed by atoms with Gasteiger partial charge in [0.25, 0.3) is 0 Å². The molecule has 0 radical (unpaired) electrons. The summed E-state index contributed by atoms with van der Waals surface area (Å²) in [6.07, 6.45) is 8.92. The third-order valence-corrected chi connectivity index (χ3v) is 5.53. The summed E-state index contributed by atoms with van der Waals surface area (Å²) in [5, 5.41) is 0. The summed E-state index contributed by atoms with van der Waals surface area (Å²) in [7, 11) is 0. The van der Waals surface area contributed by atoms with Crippen LogP contribution in [0, 0.1) is 18.8 Å². The number of aromatic nitrogens is 2. The summed E-state index contributed by atoms with van der Waals surface area (Å²) in [6.45, 7) is 9.82. The van der Waals surface area contributed by atoms with Crippen molar-refractivity contribution < 1.29 is 9.53 Å². The molecule has 0 saturated carbocycles. The van der Waals surface area contributed by atoms with Crippen molar-refractivity contribution in [2.45, 2.75) is 66.3 Å². The van der Waals surface area contributed by atoms with Crippen molar-refractivity contribution in [3.05, 3.63) is 47.0 Å². The summed E-state index contributed by atoms with van der Waals surface area (Å²) < 4.78 is 8.15. The van der Waals surface area contributed by atoms with Gasteiger partial charge in [-0.1, -0.05) is 20.8 Å². The van der Waals surface area contributed by atoms with Gasteiger partial charge >= 0.3 is 0 Å². The van der Waals surface area contributed by atoms with Crippen molar-refractivity contribution in [3.8, 4) is 5.75 Å². The zero-order valence-electron chi connectivity index (χ0n) is 17.1. The largest absolute Gasteiger partial charge is 0.493 e. The highest BCUT2D eigenvalue weighted by molar-refractivity contribution is 5.99. The third-order valence-electron chi connectivity index (χ3n) is 5.53. The van der Waals surface area contributed by atoms with Crippen molar-refractivity contribution in [3.63, 3.8) is 0 Å². The normalized spacial score (nSPS) is 14.9.